The Morgan fingerprint density at radius 1 is 1.22 bits per heavy atom. The van der Waals surface area contributed by atoms with Crippen LogP contribution in [-0.4, -0.2) is 27.1 Å². The Kier molecular flexibility index (Phi) is 3.65. The van der Waals surface area contributed by atoms with Crippen LogP contribution < -0.4 is 10.9 Å². The van der Waals surface area contributed by atoms with Crippen molar-refractivity contribution in [2.45, 2.75) is 6.42 Å². The summed E-state index contributed by atoms with van der Waals surface area (Å²) >= 11 is 0. The van der Waals surface area contributed by atoms with Crippen molar-refractivity contribution in [1.82, 2.24) is 20.8 Å². The van der Waals surface area contributed by atoms with Crippen LogP contribution in [-0.2, 0) is 4.79 Å². The van der Waals surface area contributed by atoms with Gasteiger partial charge in [-0.2, -0.15) is 10.3 Å². The smallest absolute Gasteiger partial charge is 0.246 e. The highest BCUT2D eigenvalue weighted by atomic mass is 16.2. The average molecular weight is 245 g/mol. The van der Waals surface area contributed by atoms with Gasteiger partial charge in [-0.05, 0) is 0 Å². The van der Waals surface area contributed by atoms with Crippen LogP contribution in [0, 0.1) is 0 Å². The number of aromatic amines is 1. The van der Waals surface area contributed by atoms with E-state index in [9.17, 15) is 9.59 Å². The molecule has 1 heterocycles. The molecule has 0 bridgehead atoms. The summed E-state index contributed by atoms with van der Waals surface area (Å²) in [5, 5.41) is 9.61. The quantitative estimate of drug-likeness (QED) is 0.405. The molecule has 0 fully saturated rings. The van der Waals surface area contributed by atoms with Crippen LogP contribution in [0.3, 0.4) is 0 Å². The minimum Gasteiger partial charge on any atom is -0.294 e. The zero-order valence-electron chi connectivity index (χ0n) is 9.38. The fourth-order valence-corrected chi connectivity index (χ4v) is 1.31. The molecule has 0 saturated heterocycles. The van der Waals surface area contributed by atoms with E-state index in [1.54, 1.807) is 24.3 Å². The van der Waals surface area contributed by atoms with Crippen molar-refractivity contribution >= 4 is 17.5 Å². The Morgan fingerprint density at radius 3 is 2.67 bits per heavy atom. The van der Waals surface area contributed by atoms with Gasteiger partial charge in [0.1, 0.15) is 0 Å². The molecule has 0 aliphatic heterocycles. The standard InChI is InChI=1S/C11H11N5O2/c17-9(8-4-2-1-3-5-8)6-11(18)15-13-10-7-12-16-14-10/h1-5,7H,6H2,(H,15,18)(H2,12,13,14,16). The molecule has 0 atom stereocenters. The number of H-pyrrole nitrogens is 1. The number of rotatable bonds is 5. The van der Waals surface area contributed by atoms with Gasteiger partial charge in [-0.3, -0.25) is 20.4 Å². The lowest BCUT2D eigenvalue weighted by molar-refractivity contribution is -0.119. The molecule has 1 aromatic carbocycles. The summed E-state index contributed by atoms with van der Waals surface area (Å²) in [6.45, 7) is 0. The van der Waals surface area contributed by atoms with Crippen LogP contribution in [0.15, 0.2) is 36.5 Å². The first-order valence-corrected chi connectivity index (χ1v) is 5.24. The third-order valence-electron chi connectivity index (χ3n) is 2.16. The van der Waals surface area contributed by atoms with Gasteiger partial charge in [-0.15, -0.1) is 5.10 Å². The van der Waals surface area contributed by atoms with Gasteiger partial charge < -0.3 is 0 Å². The van der Waals surface area contributed by atoms with Crippen LogP contribution >= 0.6 is 0 Å². The lowest BCUT2D eigenvalue weighted by Crippen LogP contribution is -2.31. The van der Waals surface area contributed by atoms with Gasteiger partial charge >= 0.3 is 0 Å². The van der Waals surface area contributed by atoms with E-state index < -0.39 is 5.91 Å². The second-order valence-corrected chi connectivity index (χ2v) is 3.49. The van der Waals surface area contributed by atoms with Gasteiger partial charge in [-0.1, -0.05) is 30.3 Å². The molecule has 0 aliphatic rings. The van der Waals surface area contributed by atoms with Crippen LogP contribution in [0.4, 0.5) is 5.82 Å². The summed E-state index contributed by atoms with van der Waals surface area (Å²) in [4.78, 5) is 23.2. The third-order valence-corrected chi connectivity index (χ3v) is 2.16. The maximum atomic E-state index is 11.7. The summed E-state index contributed by atoms with van der Waals surface area (Å²) in [6.07, 6.45) is 1.17. The van der Waals surface area contributed by atoms with Crippen molar-refractivity contribution in [2.24, 2.45) is 0 Å². The lowest BCUT2D eigenvalue weighted by atomic mass is 10.1. The van der Waals surface area contributed by atoms with Gasteiger partial charge in [0.15, 0.2) is 11.6 Å². The summed E-state index contributed by atoms with van der Waals surface area (Å²) in [6, 6.07) is 8.64. The molecule has 1 aromatic heterocycles. The molecule has 2 rings (SSSR count). The van der Waals surface area contributed by atoms with E-state index in [1.807, 2.05) is 6.07 Å². The molecule has 0 radical (unpaired) electrons. The number of anilines is 1. The van der Waals surface area contributed by atoms with E-state index in [1.165, 1.54) is 6.20 Å². The highest BCUT2D eigenvalue weighted by Gasteiger charge is 2.11. The maximum absolute atomic E-state index is 11.7. The summed E-state index contributed by atoms with van der Waals surface area (Å²) in [5.74, 6) is -0.308. The van der Waals surface area contributed by atoms with Gasteiger partial charge in [0.25, 0.3) is 0 Å². The van der Waals surface area contributed by atoms with Crippen LogP contribution in [0.5, 0.6) is 0 Å². The molecule has 1 amide bonds. The number of Topliss-reactive ketones (excluding diaryl/α,β-unsaturated/α-hetero) is 1. The molecular weight excluding hydrogens is 234 g/mol. The fourth-order valence-electron chi connectivity index (χ4n) is 1.31. The minimum absolute atomic E-state index is 0.227. The number of aromatic nitrogens is 3. The number of hydrogen-bond acceptors (Lipinski definition) is 5. The zero-order valence-corrected chi connectivity index (χ0v) is 9.38. The Balaban J connectivity index is 1.83. The molecule has 0 unspecified atom stereocenters. The van der Waals surface area contributed by atoms with Gasteiger partial charge in [-0.25, -0.2) is 0 Å². The molecule has 2 aromatic rings. The maximum Gasteiger partial charge on any atom is 0.246 e. The van der Waals surface area contributed by atoms with Crippen molar-refractivity contribution in [3.63, 3.8) is 0 Å². The highest BCUT2D eigenvalue weighted by molar-refractivity contribution is 6.07. The largest absolute Gasteiger partial charge is 0.294 e. The zero-order chi connectivity index (χ0) is 12.8. The minimum atomic E-state index is -0.438. The number of ketones is 1. The fraction of sp³-hybridized carbons (Fsp3) is 0.0909. The second kappa shape index (κ2) is 5.58. The number of carbonyl (C=O) groups is 2. The van der Waals surface area contributed by atoms with Gasteiger partial charge in [0, 0.05) is 5.56 Å². The normalized spacial score (nSPS) is 9.78. The van der Waals surface area contributed by atoms with E-state index in [4.69, 9.17) is 0 Å². The number of hydrazine groups is 1. The number of carbonyl (C=O) groups excluding carboxylic acids is 2. The second-order valence-electron chi connectivity index (χ2n) is 3.49. The number of hydrogen-bond donors (Lipinski definition) is 3. The Labute approximate surface area is 103 Å². The number of amides is 1. The van der Waals surface area contributed by atoms with E-state index >= 15 is 0 Å². The molecule has 7 heteroatoms. The van der Waals surface area contributed by atoms with Crippen molar-refractivity contribution in [3.8, 4) is 0 Å². The Hall–Kier alpha value is -2.70. The summed E-state index contributed by atoms with van der Waals surface area (Å²) < 4.78 is 0. The van der Waals surface area contributed by atoms with Crippen LogP contribution in [0.2, 0.25) is 0 Å². The van der Waals surface area contributed by atoms with Crippen molar-refractivity contribution < 1.29 is 9.59 Å². The number of benzene rings is 1. The SMILES string of the molecule is O=C(CC(=O)c1ccccc1)NNc1cn[nH]n1. The first kappa shape index (κ1) is 11.8. The summed E-state index contributed by atoms with van der Waals surface area (Å²) in [5.41, 5.74) is 5.39. The number of nitrogens with one attached hydrogen (secondary N) is 3. The molecule has 18 heavy (non-hydrogen) atoms. The predicted molar refractivity (Wildman–Crippen MR) is 63.5 cm³/mol. The Bertz CT molecular complexity index is 524. The van der Waals surface area contributed by atoms with Crippen LogP contribution in [0.1, 0.15) is 16.8 Å². The van der Waals surface area contributed by atoms with E-state index in [2.05, 4.69) is 26.3 Å². The third kappa shape index (κ3) is 3.14. The molecule has 7 nitrogen and oxygen atoms in total. The van der Waals surface area contributed by atoms with Crippen molar-refractivity contribution in [1.29, 1.82) is 0 Å². The van der Waals surface area contributed by atoms with Crippen molar-refractivity contribution in [2.75, 3.05) is 5.43 Å². The van der Waals surface area contributed by atoms with E-state index in [-0.39, 0.29) is 12.2 Å². The molecule has 92 valence electrons. The van der Waals surface area contributed by atoms with Crippen molar-refractivity contribution in [3.05, 3.63) is 42.1 Å². The monoisotopic (exact) mass is 245 g/mol. The molecule has 0 aliphatic carbocycles. The van der Waals surface area contributed by atoms with Gasteiger partial charge in [0.2, 0.25) is 5.91 Å². The first-order chi connectivity index (χ1) is 8.75. The first-order valence-electron chi connectivity index (χ1n) is 5.24. The van der Waals surface area contributed by atoms with E-state index in [0.29, 0.717) is 11.4 Å². The van der Waals surface area contributed by atoms with Crippen LogP contribution in [0.25, 0.3) is 0 Å². The predicted octanol–water partition coefficient (Wildman–Crippen LogP) is 0.521. The molecular formula is C11H11N5O2. The van der Waals surface area contributed by atoms with E-state index in [0.717, 1.165) is 0 Å². The number of nitrogens with zero attached hydrogens (tertiary/aromatic N) is 2. The lowest BCUT2D eigenvalue weighted by Gasteiger charge is -2.04. The molecule has 3 N–H and O–H groups in total. The summed E-state index contributed by atoms with van der Waals surface area (Å²) in [7, 11) is 0. The highest BCUT2D eigenvalue weighted by Crippen LogP contribution is 2.02. The Morgan fingerprint density at radius 2 is 2.00 bits per heavy atom. The molecule has 0 spiro atoms. The van der Waals surface area contributed by atoms with Gasteiger partial charge in [0.05, 0.1) is 12.6 Å². The topological polar surface area (TPSA) is 99.8 Å². The average Bonchev–Trinajstić information content (AvgIpc) is 2.90. The molecule has 0 saturated carbocycles.